The van der Waals surface area contributed by atoms with Gasteiger partial charge in [-0.3, -0.25) is 0 Å². The molecule has 0 aliphatic heterocycles. The van der Waals surface area contributed by atoms with Crippen LogP contribution < -0.4 is 4.72 Å². The molecule has 26 heavy (non-hydrogen) atoms. The van der Waals surface area contributed by atoms with Gasteiger partial charge in [-0.15, -0.1) is 0 Å². The Morgan fingerprint density at radius 2 is 1.77 bits per heavy atom. The molecular weight excluding hydrogens is 353 g/mol. The molecule has 1 heterocycles. The fourth-order valence-corrected chi connectivity index (χ4v) is 3.95. The van der Waals surface area contributed by atoms with Gasteiger partial charge in [0.2, 0.25) is 10.0 Å². The summed E-state index contributed by atoms with van der Waals surface area (Å²) >= 11 is 0. The molecule has 0 radical (unpaired) electrons. The van der Waals surface area contributed by atoms with Crippen LogP contribution in [-0.2, 0) is 17.1 Å². The topological polar surface area (TPSA) is 64.0 Å². The highest BCUT2D eigenvalue weighted by Crippen LogP contribution is 2.24. The number of rotatable bonds is 5. The first-order valence-electron chi connectivity index (χ1n) is 8.10. The Morgan fingerprint density at radius 1 is 1.08 bits per heavy atom. The van der Waals surface area contributed by atoms with Gasteiger partial charge in [-0.2, -0.15) is 4.72 Å². The number of sulfonamides is 1. The Bertz CT molecular complexity index is 1030. The zero-order valence-electron chi connectivity index (χ0n) is 14.8. The fraction of sp³-hybridized carbons (Fsp3) is 0.211. The molecule has 0 fully saturated rings. The summed E-state index contributed by atoms with van der Waals surface area (Å²) in [6, 6.07) is 9.96. The Balaban J connectivity index is 2.03. The number of hydrogen-bond acceptors (Lipinski definition) is 3. The lowest BCUT2D eigenvalue weighted by Crippen LogP contribution is -2.31. The number of aryl methyl sites for hydroxylation is 3. The zero-order valence-corrected chi connectivity index (χ0v) is 15.6. The molecule has 136 valence electrons. The summed E-state index contributed by atoms with van der Waals surface area (Å²) in [4.78, 5) is 4.45. The van der Waals surface area contributed by atoms with Crippen LogP contribution in [0.15, 0.2) is 59.8 Å². The molecule has 2 aromatic carbocycles. The van der Waals surface area contributed by atoms with Gasteiger partial charge in [0, 0.05) is 19.4 Å². The minimum absolute atomic E-state index is 0.182. The van der Waals surface area contributed by atoms with Gasteiger partial charge in [-0.25, -0.2) is 17.8 Å². The third kappa shape index (κ3) is 3.68. The second-order valence-electron chi connectivity index (χ2n) is 6.25. The summed E-state index contributed by atoms with van der Waals surface area (Å²) in [6.07, 6.45) is 3.33. The first-order chi connectivity index (χ1) is 12.3. The number of imidazole rings is 1. The van der Waals surface area contributed by atoms with Crippen LogP contribution in [0.2, 0.25) is 0 Å². The van der Waals surface area contributed by atoms with Crippen molar-refractivity contribution in [2.45, 2.75) is 24.8 Å². The fourth-order valence-electron chi connectivity index (χ4n) is 2.68. The van der Waals surface area contributed by atoms with E-state index in [1.807, 2.05) is 13.8 Å². The predicted octanol–water partition coefficient (Wildman–Crippen LogP) is 3.24. The Hall–Kier alpha value is -2.51. The van der Waals surface area contributed by atoms with Gasteiger partial charge in [-0.05, 0) is 54.8 Å². The molecule has 3 rings (SSSR count). The van der Waals surface area contributed by atoms with E-state index in [9.17, 15) is 12.8 Å². The Labute approximate surface area is 152 Å². The smallest absolute Gasteiger partial charge is 0.241 e. The molecule has 1 atom stereocenters. The summed E-state index contributed by atoms with van der Waals surface area (Å²) in [7, 11) is -2.02. The molecule has 7 heteroatoms. The van der Waals surface area contributed by atoms with E-state index in [4.69, 9.17) is 0 Å². The SMILES string of the molecule is Cc1ccc(S(=O)(=O)N[C@@H](c2ccc(F)cc2)c2nccn2C)cc1C. The number of benzene rings is 2. The van der Waals surface area contributed by atoms with Crippen LogP contribution in [0.5, 0.6) is 0 Å². The van der Waals surface area contributed by atoms with E-state index in [1.165, 1.54) is 12.1 Å². The Kier molecular flexibility index (Phi) is 4.93. The maximum Gasteiger partial charge on any atom is 0.241 e. The van der Waals surface area contributed by atoms with Crippen LogP contribution in [0.4, 0.5) is 4.39 Å². The minimum Gasteiger partial charge on any atom is -0.336 e. The lowest BCUT2D eigenvalue weighted by molar-refractivity contribution is 0.562. The highest BCUT2D eigenvalue weighted by Gasteiger charge is 2.26. The van der Waals surface area contributed by atoms with Crippen molar-refractivity contribution in [2.24, 2.45) is 7.05 Å². The standard InChI is InChI=1S/C19H20FN3O2S/c1-13-4-9-17(12-14(13)2)26(24,25)22-18(19-21-10-11-23(19)3)15-5-7-16(20)8-6-15/h4-12,18,22H,1-3H3/t18-/m0/s1. The highest BCUT2D eigenvalue weighted by atomic mass is 32.2. The molecular formula is C19H20FN3O2S. The van der Waals surface area contributed by atoms with Crippen LogP contribution in [0, 0.1) is 19.7 Å². The number of halogens is 1. The maximum absolute atomic E-state index is 13.3. The van der Waals surface area contributed by atoms with Crippen molar-refractivity contribution < 1.29 is 12.8 Å². The van der Waals surface area contributed by atoms with Crippen LogP contribution >= 0.6 is 0 Å². The van der Waals surface area contributed by atoms with E-state index in [0.29, 0.717) is 11.4 Å². The molecule has 1 N–H and O–H groups in total. The quantitative estimate of drug-likeness (QED) is 0.747. The van der Waals surface area contributed by atoms with Crippen molar-refractivity contribution in [2.75, 3.05) is 0 Å². The highest BCUT2D eigenvalue weighted by molar-refractivity contribution is 7.89. The lowest BCUT2D eigenvalue weighted by atomic mass is 10.1. The summed E-state index contributed by atoms with van der Waals surface area (Å²) in [6.45, 7) is 3.79. The van der Waals surface area contributed by atoms with Crippen LogP contribution in [0.3, 0.4) is 0 Å². The average molecular weight is 373 g/mol. The van der Waals surface area contributed by atoms with E-state index in [-0.39, 0.29) is 10.7 Å². The third-order valence-electron chi connectivity index (χ3n) is 4.38. The third-order valence-corrected chi connectivity index (χ3v) is 5.80. The Morgan fingerprint density at radius 3 is 2.35 bits per heavy atom. The number of nitrogens with one attached hydrogen (secondary N) is 1. The molecule has 5 nitrogen and oxygen atoms in total. The maximum atomic E-state index is 13.3. The first-order valence-corrected chi connectivity index (χ1v) is 9.58. The van der Waals surface area contributed by atoms with Gasteiger partial charge in [0.05, 0.1) is 4.90 Å². The van der Waals surface area contributed by atoms with Crippen LogP contribution in [0.25, 0.3) is 0 Å². The summed E-state index contributed by atoms with van der Waals surface area (Å²) in [5.74, 6) is 0.133. The summed E-state index contributed by atoms with van der Waals surface area (Å²) < 4.78 is 43.6. The minimum atomic E-state index is -3.80. The van der Waals surface area contributed by atoms with E-state index < -0.39 is 16.1 Å². The van der Waals surface area contributed by atoms with Gasteiger partial charge in [-0.1, -0.05) is 18.2 Å². The molecule has 0 unspecified atom stereocenters. The molecule has 0 saturated carbocycles. The molecule has 0 bridgehead atoms. The van der Waals surface area contributed by atoms with Crippen molar-refractivity contribution in [3.05, 3.63) is 83.2 Å². The molecule has 0 aliphatic carbocycles. The van der Waals surface area contributed by atoms with Gasteiger partial charge >= 0.3 is 0 Å². The molecule has 3 aromatic rings. The normalized spacial score (nSPS) is 12.9. The molecule has 0 aliphatic rings. The van der Waals surface area contributed by atoms with Crippen LogP contribution in [0.1, 0.15) is 28.6 Å². The van der Waals surface area contributed by atoms with Crippen molar-refractivity contribution in [3.8, 4) is 0 Å². The number of aromatic nitrogens is 2. The number of hydrogen-bond donors (Lipinski definition) is 1. The second kappa shape index (κ2) is 7.01. The van der Waals surface area contributed by atoms with E-state index >= 15 is 0 Å². The van der Waals surface area contributed by atoms with Crippen molar-refractivity contribution in [1.82, 2.24) is 14.3 Å². The summed E-state index contributed by atoms with van der Waals surface area (Å²) in [5, 5.41) is 0. The van der Waals surface area contributed by atoms with Crippen molar-refractivity contribution in [3.63, 3.8) is 0 Å². The zero-order chi connectivity index (χ0) is 18.9. The van der Waals surface area contributed by atoms with Gasteiger partial charge < -0.3 is 4.57 Å². The molecule has 0 saturated heterocycles. The van der Waals surface area contributed by atoms with E-state index in [2.05, 4.69) is 9.71 Å². The second-order valence-corrected chi connectivity index (χ2v) is 7.96. The summed E-state index contributed by atoms with van der Waals surface area (Å²) in [5.41, 5.74) is 2.51. The molecule has 0 amide bonds. The average Bonchev–Trinajstić information content (AvgIpc) is 3.02. The molecule has 0 spiro atoms. The van der Waals surface area contributed by atoms with Crippen molar-refractivity contribution >= 4 is 10.0 Å². The van der Waals surface area contributed by atoms with Gasteiger partial charge in [0.25, 0.3) is 0 Å². The molecule has 1 aromatic heterocycles. The van der Waals surface area contributed by atoms with E-state index in [0.717, 1.165) is 11.1 Å². The largest absolute Gasteiger partial charge is 0.336 e. The monoisotopic (exact) mass is 373 g/mol. The first kappa shape index (κ1) is 18.3. The number of nitrogens with zero attached hydrogens (tertiary/aromatic N) is 2. The van der Waals surface area contributed by atoms with Gasteiger partial charge in [0.1, 0.15) is 17.7 Å². The predicted molar refractivity (Wildman–Crippen MR) is 97.7 cm³/mol. The van der Waals surface area contributed by atoms with Crippen LogP contribution in [-0.4, -0.2) is 18.0 Å². The lowest BCUT2D eigenvalue weighted by Gasteiger charge is -2.19. The van der Waals surface area contributed by atoms with E-state index in [1.54, 1.807) is 54.3 Å². The van der Waals surface area contributed by atoms with Gasteiger partial charge in [0.15, 0.2) is 0 Å². The van der Waals surface area contributed by atoms with Crippen molar-refractivity contribution in [1.29, 1.82) is 0 Å².